The number of hydrogen-bond donors (Lipinski definition) is 1. The lowest BCUT2D eigenvalue weighted by Crippen LogP contribution is -2.27. The van der Waals surface area contributed by atoms with Crippen molar-refractivity contribution in [3.05, 3.63) is 63.1 Å². The minimum absolute atomic E-state index is 0.107. The van der Waals surface area contributed by atoms with E-state index in [2.05, 4.69) is 15.9 Å². The third-order valence-corrected chi connectivity index (χ3v) is 5.03. The highest BCUT2D eigenvalue weighted by atomic mass is 79.9. The van der Waals surface area contributed by atoms with Gasteiger partial charge in [-0.1, -0.05) is 23.7 Å². The molecular formula is C15H14BrClN2O3S. The topological polar surface area (TPSA) is 80.5 Å². The van der Waals surface area contributed by atoms with Crippen molar-refractivity contribution in [1.82, 2.24) is 4.90 Å². The zero-order chi connectivity index (χ0) is 17.2. The fraction of sp³-hybridized carbons (Fsp3) is 0.133. The van der Waals surface area contributed by atoms with Crippen molar-refractivity contribution in [1.29, 1.82) is 0 Å². The van der Waals surface area contributed by atoms with Crippen LogP contribution in [0.3, 0.4) is 0 Å². The first-order valence-corrected chi connectivity index (χ1v) is 9.22. The van der Waals surface area contributed by atoms with E-state index in [4.69, 9.17) is 16.7 Å². The van der Waals surface area contributed by atoms with Crippen LogP contribution in [0.1, 0.15) is 15.9 Å². The van der Waals surface area contributed by atoms with Crippen LogP contribution in [0, 0.1) is 0 Å². The molecule has 5 nitrogen and oxygen atoms in total. The van der Waals surface area contributed by atoms with Crippen molar-refractivity contribution in [2.24, 2.45) is 5.14 Å². The molecule has 0 heterocycles. The molecular weight excluding hydrogens is 404 g/mol. The number of amides is 1. The molecule has 0 radical (unpaired) electrons. The lowest BCUT2D eigenvalue weighted by atomic mass is 10.1. The minimum atomic E-state index is -3.87. The summed E-state index contributed by atoms with van der Waals surface area (Å²) in [6.45, 7) is 0.363. The molecule has 23 heavy (non-hydrogen) atoms. The normalized spacial score (nSPS) is 11.3. The van der Waals surface area contributed by atoms with Crippen LogP contribution < -0.4 is 5.14 Å². The monoisotopic (exact) mass is 416 g/mol. The van der Waals surface area contributed by atoms with Crippen molar-refractivity contribution < 1.29 is 13.2 Å². The summed E-state index contributed by atoms with van der Waals surface area (Å²) in [5, 5.41) is 5.73. The molecule has 0 aliphatic carbocycles. The van der Waals surface area contributed by atoms with Gasteiger partial charge in [0.05, 0.1) is 10.5 Å². The number of carbonyl (C=O) groups is 1. The van der Waals surface area contributed by atoms with Crippen LogP contribution in [0.15, 0.2) is 51.8 Å². The maximum atomic E-state index is 12.6. The highest BCUT2D eigenvalue weighted by molar-refractivity contribution is 9.10. The van der Waals surface area contributed by atoms with Crippen molar-refractivity contribution >= 4 is 43.5 Å². The molecule has 0 saturated heterocycles. The summed E-state index contributed by atoms with van der Waals surface area (Å²) in [6, 6.07) is 11.2. The summed E-state index contributed by atoms with van der Waals surface area (Å²) in [4.78, 5) is 13.9. The summed E-state index contributed by atoms with van der Waals surface area (Å²) in [5.74, 6) is -0.322. The Bertz CT molecular complexity index is 838. The highest BCUT2D eigenvalue weighted by Crippen LogP contribution is 2.22. The third kappa shape index (κ3) is 4.54. The molecule has 0 atom stereocenters. The van der Waals surface area contributed by atoms with Crippen molar-refractivity contribution in [2.75, 3.05) is 7.05 Å². The second-order valence-electron chi connectivity index (χ2n) is 4.97. The number of benzene rings is 2. The van der Waals surface area contributed by atoms with Gasteiger partial charge < -0.3 is 4.90 Å². The fourth-order valence-corrected chi connectivity index (χ4v) is 3.07. The number of sulfonamides is 1. The Morgan fingerprint density at radius 3 is 2.39 bits per heavy atom. The van der Waals surface area contributed by atoms with E-state index in [0.29, 0.717) is 16.0 Å². The molecule has 122 valence electrons. The summed E-state index contributed by atoms with van der Waals surface area (Å²) in [5.41, 5.74) is 1.14. The van der Waals surface area contributed by atoms with Crippen molar-refractivity contribution in [3.8, 4) is 0 Å². The van der Waals surface area contributed by atoms with Crippen LogP contribution in [0.25, 0.3) is 0 Å². The largest absolute Gasteiger partial charge is 0.337 e. The van der Waals surface area contributed by atoms with E-state index in [1.54, 1.807) is 19.2 Å². The second kappa shape index (κ2) is 7.00. The number of rotatable bonds is 4. The average Bonchev–Trinajstić information content (AvgIpc) is 2.48. The van der Waals surface area contributed by atoms with Crippen LogP contribution in [-0.4, -0.2) is 26.3 Å². The Labute approximate surface area is 148 Å². The van der Waals surface area contributed by atoms with E-state index >= 15 is 0 Å². The number of halogens is 2. The smallest absolute Gasteiger partial charge is 0.255 e. The number of primary sulfonamides is 1. The summed E-state index contributed by atoms with van der Waals surface area (Å²) >= 11 is 9.09. The zero-order valence-electron chi connectivity index (χ0n) is 12.2. The Kier molecular flexibility index (Phi) is 5.46. The molecule has 0 aliphatic heterocycles. The van der Waals surface area contributed by atoms with Gasteiger partial charge in [-0.25, -0.2) is 13.6 Å². The van der Waals surface area contributed by atoms with E-state index in [-0.39, 0.29) is 16.4 Å². The van der Waals surface area contributed by atoms with Crippen LogP contribution in [0.2, 0.25) is 5.02 Å². The second-order valence-corrected chi connectivity index (χ2v) is 7.83. The third-order valence-electron chi connectivity index (χ3n) is 3.18. The molecule has 8 heteroatoms. The van der Waals surface area contributed by atoms with E-state index in [0.717, 1.165) is 5.56 Å². The first-order valence-electron chi connectivity index (χ1n) is 6.51. The van der Waals surface area contributed by atoms with Gasteiger partial charge in [0.15, 0.2) is 0 Å². The molecule has 2 rings (SSSR count). The van der Waals surface area contributed by atoms with Gasteiger partial charge in [0.25, 0.3) is 5.91 Å². The first kappa shape index (κ1) is 17.9. The molecule has 2 aromatic rings. The Hall–Kier alpha value is -1.41. The summed E-state index contributed by atoms with van der Waals surface area (Å²) in [7, 11) is -2.24. The Morgan fingerprint density at radius 2 is 1.83 bits per heavy atom. The van der Waals surface area contributed by atoms with Gasteiger partial charge in [0.1, 0.15) is 0 Å². The molecule has 0 bridgehead atoms. The Morgan fingerprint density at radius 1 is 1.22 bits per heavy atom. The van der Waals surface area contributed by atoms with Gasteiger partial charge in [-0.05, 0) is 51.8 Å². The van der Waals surface area contributed by atoms with Crippen LogP contribution in [0.5, 0.6) is 0 Å². The standard InChI is InChI=1S/C15H14BrClN2O3S/c1-19(9-10-2-4-11(17)5-3-10)15(20)13-8-12(23(18,21)22)6-7-14(13)16/h2-8H,9H2,1H3,(H2,18,21,22). The lowest BCUT2D eigenvalue weighted by Gasteiger charge is -2.18. The predicted octanol–water partition coefficient (Wildman–Crippen LogP) is 3.02. The van der Waals surface area contributed by atoms with Crippen LogP contribution in [-0.2, 0) is 16.6 Å². The SMILES string of the molecule is CN(Cc1ccc(Cl)cc1)C(=O)c1cc(S(N)(=O)=O)ccc1Br. The van der Waals surface area contributed by atoms with Gasteiger partial charge in [-0.15, -0.1) is 0 Å². The molecule has 1 amide bonds. The minimum Gasteiger partial charge on any atom is -0.337 e. The molecule has 2 aromatic carbocycles. The molecule has 0 saturated carbocycles. The van der Waals surface area contributed by atoms with Gasteiger partial charge >= 0.3 is 0 Å². The molecule has 0 spiro atoms. The number of nitrogens with two attached hydrogens (primary N) is 1. The highest BCUT2D eigenvalue weighted by Gasteiger charge is 2.18. The van der Waals surface area contributed by atoms with E-state index in [9.17, 15) is 13.2 Å². The average molecular weight is 418 g/mol. The zero-order valence-corrected chi connectivity index (χ0v) is 15.3. The predicted molar refractivity (Wildman–Crippen MR) is 92.8 cm³/mol. The molecule has 0 fully saturated rings. The van der Waals surface area contributed by atoms with Crippen LogP contribution in [0.4, 0.5) is 0 Å². The number of hydrogen-bond acceptors (Lipinski definition) is 3. The number of carbonyl (C=O) groups excluding carboxylic acids is 1. The fourth-order valence-electron chi connectivity index (χ4n) is 1.99. The molecule has 0 aliphatic rings. The van der Waals surface area contributed by atoms with Gasteiger partial charge in [-0.3, -0.25) is 4.79 Å². The van der Waals surface area contributed by atoms with E-state index in [1.165, 1.54) is 23.1 Å². The van der Waals surface area contributed by atoms with Crippen molar-refractivity contribution in [3.63, 3.8) is 0 Å². The molecule has 0 unspecified atom stereocenters. The molecule has 2 N–H and O–H groups in total. The first-order chi connectivity index (χ1) is 10.7. The van der Waals surface area contributed by atoms with Crippen molar-refractivity contribution in [2.45, 2.75) is 11.4 Å². The van der Waals surface area contributed by atoms with Gasteiger partial charge in [0, 0.05) is 23.1 Å². The van der Waals surface area contributed by atoms with E-state index in [1.807, 2.05) is 12.1 Å². The maximum absolute atomic E-state index is 12.6. The maximum Gasteiger partial charge on any atom is 0.255 e. The number of nitrogens with zero attached hydrogens (tertiary/aromatic N) is 1. The van der Waals surface area contributed by atoms with Gasteiger partial charge in [-0.2, -0.15) is 0 Å². The van der Waals surface area contributed by atoms with Gasteiger partial charge in [0.2, 0.25) is 10.0 Å². The Balaban J connectivity index is 2.27. The van der Waals surface area contributed by atoms with Crippen LogP contribution >= 0.6 is 27.5 Å². The summed E-state index contributed by atoms with van der Waals surface area (Å²) < 4.78 is 23.4. The molecule has 0 aromatic heterocycles. The quantitative estimate of drug-likeness (QED) is 0.830. The summed E-state index contributed by atoms with van der Waals surface area (Å²) in [6.07, 6.45) is 0. The lowest BCUT2D eigenvalue weighted by molar-refractivity contribution is 0.0784. The van der Waals surface area contributed by atoms with E-state index < -0.39 is 10.0 Å².